The maximum atomic E-state index is 12.5. The average Bonchev–Trinajstić information content (AvgIpc) is 2.93. The summed E-state index contributed by atoms with van der Waals surface area (Å²) in [5.74, 6) is -0.516. The summed E-state index contributed by atoms with van der Waals surface area (Å²) in [6, 6.07) is 10.7. The molecule has 3 aromatic rings. The zero-order valence-corrected chi connectivity index (χ0v) is 14.6. The van der Waals surface area contributed by atoms with Crippen molar-refractivity contribution in [3.05, 3.63) is 53.0 Å². The maximum absolute atomic E-state index is 12.5. The van der Waals surface area contributed by atoms with Crippen molar-refractivity contribution in [2.75, 3.05) is 11.8 Å². The number of thiazole rings is 1. The highest BCUT2D eigenvalue weighted by molar-refractivity contribution is 7.92. The fourth-order valence-electron chi connectivity index (χ4n) is 2.21. The number of rotatable bonds is 4. The first-order valence-electron chi connectivity index (χ1n) is 6.97. The Balaban J connectivity index is 1.87. The Morgan fingerprint density at radius 3 is 2.54 bits per heavy atom. The molecule has 2 aromatic carbocycles. The standard InChI is InChI=1S/C16H14N2O4S2/c1-10-17-14-8-5-12(9-15(14)23-10)18-24(20,21)13-6-3-11(4-7-13)16(19)22-2/h3-9,18H,1-2H3. The minimum atomic E-state index is -3.74. The highest BCUT2D eigenvalue weighted by Gasteiger charge is 2.16. The molecule has 0 aliphatic heterocycles. The molecule has 0 fully saturated rings. The van der Waals surface area contributed by atoms with E-state index in [1.54, 1.807) is 18.2 Å². The number of carbonyl (C=O) groups is 1. The predicted octanol–water partition coefficient (Wildman–Crippen LogP) is 3.19. The van der Waals surface area contributed by atoms with E-state index in [-0.39, 0.29) is 10.5 Å². The largest absolute Gasteiger partial charge is 0.465 e. The Morgan fingerprint density at radius 2 is 1.88 bits per heavy atom. The minimum absolute atomic E-state index is 0.0655. The van der Waals surface area contributed by atoms with Crippen molar-refractivity contribution in [1.82, 2.24) is 4.98 Å². The average molecular weight is 362 g/mol. The first-order valence-corrected chi connectivity index (χ1v) is 9.27. The lowest BCUT2D eigenvalue weighted by Gasteiger charge is -2.08. The van der Waals surface area contributed by atoms with Gasteiger partial charge in [-0.15, -0.1) is 11.3 Å². The molecule has 0 saturated heterocycles. The third kappa shape index (κ3) is 3.24. The number of aryl methyl sites for hydroxylation is 1. The van der Waals surface area contributed by atoms with E-state index in [0.29, 0.717) is 5.69 Å². The van der Waals surface area contributed by atoms with Gasteiger partial charge in [-0.1, -0.05) is 0 Å². The summed E-state index contributed by atoms with van der Waals surface area (Å²) in [5, 5.41) is 0.920. The second-order valence-electron chi connectivity index (χ2n) is 5.04. The third-order valence-corrected chi connectivity index (χ3v) is 5.66. The number of anilines is 1. The van der Waals surface area contributed by atoms with Crippen molar-refractivity contribution >= 4 is 43.2 Å². The van der Waals surface area contributed by atoms with Gasteiger partial charge < -0.3 is 4.74 Å². The summed E-state index contributed by atoms with van der Waals surface area (Å²) in [5.41, 5.74) is 1.59. The summed E-state index contributed by atoms with van der Waals surface area (Å²) < 4.78 is 32.9. The summed E-state index contributed by atoms with van der Waals surface area (Å²) in [7, 11) is -2.47. The van der Waals surface area contributed by atoms with Crippen LogP contribution in [0, 0.1) is 6.92 Å². The Morgan fingerprint density at radius 1 is 1.17 bits per heavy atom. The number of hydrogen-bond acceptors (Lipinski definition) is 6. The predicted molar refractivity (Wildman–Crippen MR) is 92.9 cm³/mol. The number of sulfonamides is 1. The van der Waals surface area contributed by atoms with E-state index in [4.69, 9.17) is 0 Å². The van der Waals surface area contributed by atoms with Gasteiger partial charge in [0.25, 0.3) is 10.0 Å². The van der Waals surface area contributed by atoms with Gasteiger partial charge in [-0.2, -0.15) is 0 Å². The Kier molecular flexibility index (Phi) is 4.25. The van der Waals surface area contributed by atoms with Gasteiger partial charge in [-0.25, -0.2) is 18.2 Å². The summed E-state index contributed by atoms with van der Waals surface area (Å²) in [6.45, 7) is 1.90. The van der Waals surface area contributed by atoms with Gasteiger partial charge in [-0.3, -0.25) is 4.72 Å². The topological polar surface area (TPSA) is 85.4 Å². The fraction of sp³-hybridized carbons (Fsp3) is 0.125. The normalized spacial score (nSPS) is 11.4. The smallest absolute Gasteiger partial charge is 0.337 e. The molecule has 0 spiro atoms. The molecule has 1 heterocycles. The molecule has 1 aromatic heterocycles. The van der Waals surface area contributed by atoms with E-state index in [1.807, 2.05) is 6.92 Å². The van der Waals surface area contributed by atoms with Crippen LogP contribution in [0.3, 0.4) is 0 Å². The van der Waals surface area contributed by atoms with Gasteiger partial charge in [0.15, 0.2) is 0 Å². The number of carbonyl (C=O) groups excluding carboxylic acids is 1. The van der Waals surface area contributed by atoms with E-state index in [0.717, 1.165) is 15.2 Å². The molecule has 0 radical (unpaired) electrons. The molecule has 0 amide bonds. The number of nitrogens with one attached hydrogen (secondary N) is 1. The molecule has 24 heavy (non-hydrogen) atoms. The van der Waals surface area contributed by atoms with Crippen LogP contribution in [0.5, 0.6) is 0 Å². The number of methoxy groups -OCH3 is 1. The summed E-state index contributed by atoms with van der Waals surface area (Å²) in [6.07, 6.45) is 0. The van der Waals surface area contributed by atoms with Crippen molar-refractivity contribution in [1.29, 1.82) is 0 Å². The number of fused-ring (bicyclic) bond motifs is 1. The number of esters is 1. The van der Waals surface area contributed by atoms with Gasteiger partial charge in [-0.05, 0) is 49.4 Å². The van der Waals surface area contributed by atoms with Crippen molar-refractivity contribution in [3.63, 3.8) is 0 Å². The molecule has 124 valence electrons. The van der Waals surface area contributed by atoms with Crippen molar-refractivity contribution in [2.45, 2.75) is 11.8 Å². The molecule has 0 unspecified atom stereocenters. The molecule has 0 saturated carbocycles. The van der Waals surface area contributed by atoms with Crippen molar-refractivity contribution in [2.24, 2.45) is 0 Å². The van der Waals surface area contributed by atoms with Crippen LogP contribution < -0.4 is 4.72 Å². The van der Waals surface area contributed by atoms with E-state index in [9.17, 15) is 13.2 Å². The lowest BCUT2D eigenvalue weighted by Crippen LogP contribution is -2.13. The van der Waals surface area contributed by atoms with Crippen LogP contribution in [0.15, 0.2) is 47.4 Å². The number of nitrogens with zero attached hydrogens (tertiary/aromatic N) is 1. The van der Waals surface area contributed by atoms with Gasteiger partial charge >= 0.3 is 5.97 Å². The Labute approximate surface area is 143 Å². The molecule has 0 bridgehead atoms. The van der Waals surface area contributed by atoms with Crippen LogP contribution in [0.25, 0.3) is 10.2 Å². The van der Waals surface area contributed by atoms with Gasteiger partial charge in [0.1, 0.15) is 0 Å². The van der Waals surface area contributed by atoms with Crippen LogP contribution in [0.1, 0.15) is 15.4 Å². The third-order valence-electron chi connectivity index (χ3n) is 3.33. The Hall–Kier alpha value is -2.45. The fourth-order valence-corrected chi connectivity index (χ4v) is 4.12. The van der Waals surface area contributed by atoms with E-state index in [1.165, 1.54) is 42.7 Å². The number of aromatic nitrogens is 1. The van der Waals surface area contributed by atoms with Gasteiger partial charge in [0.05, 0.1) is 38.5 Å². The quantitative estimate of drug-likeness (QED) is 0.721. The zero-order valence-electron chi connectivity index (χ0n) is 12.9. The van der Waals surface area contributed by atoms with E-state index in [2.05, 4.69) is 14.4 Å². The second-order valence-corrected chi connectivity index (χ2v) is 7.95. The number of hydrogen-bond donors (Lipinski definition) is 1. The maximum Gasteiger partial charge on any atom is 0.337 e. The molecule has 8 heteroatoms. The molecule has 0 aliphatic rings. The Bertz CT molecular complexity index is 1010. The highest BCUT2D eigenvalue weighted by atomic mass is 32.2. The van der Waals surface area contributed by atoms with Crippen molar-refractivity contribution in [3.8, 4) is 0 Å². The van der Waals surface area contributed by atoms with Crippen LogP contribution in [0.2, 0.25) is 0 Å². The molecule has 1 N–H and O–H groups in total. The molecule has 6 nitrogen and oxygen atoms in total. The van der Waals surface area contributed by atoms with Crippen molar-refractivity contribution < 1.29 is 17.9 Å². The molecular weight excluding hydrogens is 348 g/mol. The molecular formula is C16H14N2O4S2. The monoisotopic (exact) mass is 362 g/mol. The highest BCUT2D eigenvalue weighted by Crippen LogP contribution is 2.26. The molecule has 3 rings (SSSR count). The number of benzene rings is 2. The van der Waals surface area contributed by atoms with Crippen LogP contribution in [-0.2, 0) is 14.8 Å². The first kappa shape index (κ1) is 16.4. The summed E-state index contributed by atoms with van der Waals surface area (Å²) >= 11 is 1.50. The summed E-state index contributed by atoms with van der Waals surface area (Å²) in [4.78, 5) is 15.8. The SMILES string of the molecule is COC(=O)c1ccc(S(=O)(=O)Nc2ccc3nc(C)sc3c2)cc1. The lowest BCUT2D eigenvalue weighted by molar-refractivity contribution is 0.0600. The van der Waals surface area contributed by atoms with Gasteiger partial charge in [0, 0.05) is 0 Å². The van der Waals surface area contributed by atoms with Crippen LogP contribution >= 0.6 is 11.3 Å². The molecule has 0 aliphatic carbocycles. The minimum Gasteiger partial charge on any atom is -0.465 e. The second kappa shape index (κ2) is 6.21. The molecule has 0 atom stereocenters. The first-order chi connectivity index (χ1) is 11.4. The zero-order chi connectivity index (χ0) is 17.3. The van der Waals surface area contributed by atoms with E-state index < -0.39 is 16.0 Å². The van der Waals surface area contributed by atoms with Crippen LogP contribution in [0.4, 0.5) is 5.69 Å². The lowest BCUT2D eigenvalue weighted by atomic mass is 10.2. The number of ether oxygens (including phenoxy) is 1. The van der Waals surface area contributed by atoms with Gasteiger partial charge in [0.2, 0.25) is 0 Å². The van der Waals surface area contributed by atoms with E-state index >= 15 is 0 Å². The van der Waals surface area contributed by atoms with Crippen LogP contribution in [-0.4, -0.2) is 26.5 Å².